The summed E-state index contributed by atoms with van der Waals surface area (Å²) in [4.78, 5) is 28.4. The Bertz CT molecular complexity index is 1110. The molecule has 0 atom stereocenters. The summed E-state index contributed by atoms with van der Waals surface area (Å²) in [6.07, 6.45) is 2.15. The van der Waals surface area contributed by atoms with Crippen molar-refractivity contribution in [2.24, 2.45) is 5.92 Å². The summed E-state index contributed by atoms with van der Waals surface area (Å²) in [6.45, 7) is 2.77. The van der Waals surface area contributed by atoms with Gasteiger partial charge in [0, 0.05) is 28.0 Å². The molecule has 0 saturated carbocycles. The van der Waals surface area contributed by atoms with Crippen LogP contribution in [0.15, 0.2) is 42.5 Å². The second-order valence-corrected chi connectivity index (χ2v) is 8.58. The average Bonchev–Trinajstić information content (AvgIpc) is 3.20. The Labute approximate surface area is 190 Å². The largest absolute Gasteiger partial charge is 0.375 e. The minimum atomic E-state index is -0.226. The lowest BCUT2D eigenvalue weighted by Gasteiger charge is -2.22. The third-order valence-corrected chi connectivity index (χ3v) is 6.20. The Morgan fingerprint density at radius 3 is 2.68 bits per heavy atom. The molecule has 31 heavy (non-hydrogen) atoms. The van der Waals surface area contributed by atoms with Crippen molar-refractivity contribution in [1.82, 2.24) is 15.6 Å². The van der Waals surface area contributed by atoms with Crippen LogP contribution in [0.25, 0.3) is 10.9 Å². The number of hydrogen-bond donors (Lipinski definition) is 4. The van der Waals surface area contributed by atoms with E-state index in [0.717, 1.165) is 36.8 Å². The number of piperidine rings is 1. The number of nitrogens with one attached hydrogen (secondary N) is 4. The highest BCUT2D eigenvalue weighted by molar-refractivity contribution is 6.37. The quantitative estimate of drug-likeness (QED) is 0.399. The highest BCUT2D eigenvalue weighted by Crippen LogP contribution is 2.29. The number of aromatic amines is 1. The molecule has 8 heteroatoms. The Morgan fingerprint density at radius 1 is 1.06 bits per heavy atom. The van der Waals surface area contributed by atoms with Crippen molar-refractivity contribution in [1.29, 1.82) is 0 Å². The molecule has 1 amide bonds. The van der Waals surface area contributed by atoms with E-state index in [1.165, 1.54) is 0 Å². The molecule has 162 valence electrons. The fourth-order valence-electron chi connectivity index (χ4n) is 3.80. The Morgan fingerprint density at radius 2 is 1.87 bits per heavy atom. The van der Waals surface area contributed by atoms with Crippen LogP contribution in [-0.2, 0) is 4.79 Å². The van der Waals surface area contributed by atoms with Crippen molar-refractivity contribution in [2.75, 3.05) is 31.5 Å². The van der Waals surface area contributed by atoms with Gasteiger partial charge in [0.25, 0.3) is 0 Å². The first-order valence-corrected chi connectivity index (χ1v) is 11.1. The highest BCUT2D eigenvalue weighted by Gasteiger charge is 2.18. The number of anilines is 1. The van der Waals surface area contributed by atoms with Crippen LogP contribution in [0.4, 0.5) is 5.69 Å². The van der Waals surface area contributed by atoms with Crippen molar-refractivity contribution >= 4 is 51.5 Å². The van der Waals surface area contributed by atoms with E-state index >= 15 is 0 Å². The number of carbonyl (C=O) groups is 2. The third-order valence-electron chi connectivity index (χ3n) is 5.56. The minimum Gasteiger partial charge on any atom is -0.375 e. The lowest BCUT2D eigenvalue weighted by atomic mass is 9.98. The molecule has 4 N–H and O–H groups in total. The maximum atomic E-state index is 13.0. The summed E-state index contributed by atoms with van der Waals surface area (Å²) in [6, 6.07) is 12.3. The average molecular weight is 459 g/mol. The molecule has 1 aliphatic rings. The fourth-order valence-corrected chi connectivity index (χ4v) is 4.26. The van der Waals surface area contributed by atoms with Crippen LogP contribution in [0, 0.1) is 5.92 Å². The number of amides is 1. The van der Waals surface area contributed by atoms with Crippen LogP contribution in [0.3, 0.4) is 0 Å². The molecule has 2 heterocycles. The van der Waals surface area contributed by atoms with Gasteiger partial charge in [-0.1, -0.05) is 29.3 Å². The Kier molecular flexibility index (Phi) is 6.80. The molecule has 1 fully saturated rings. The SMILES string of the molecule is O=C(CNc1cccc(C(=O)c2cc3cc(Cl)ccc3[nH]2)c1Cl)NCC1CCNCC1. The number of H-pyrrole nitrogens is 1. The molecule has 0 unspecified atom stereocenters. The predicted molar refractivity (Wildman–Crippen MR) is 125 cm³/mol. The second kappa shape index (κ2) is 9.73. The van der Waals surface area contributed by atoms with Gasteiger partial charge < -0.3 is 20.9 Å². The van der Waals surface area contributed by atoms with Gasteiger partial charge in [0.1, 0.15) is 0 Å². The van der Waals surface area contributed by atoms with E-state index in [0.29, 0.717) is 34.4 Å². The first kappa shape index (κ1) is 21.7. The summed E-state index contributed by atoms with van der Waals surface area (Å²) >= 11 is 12.5. The van der Waals surface area contributed by atoms with Crippen LogP contribution >= 0.6 is 23.2 Å². The number of rotatable bonds is 7. The molecule has 0 bridgehead atoms. The number of benzene rings is 2. The third kappa shape index (κ3) is 5.21. The molecule has 3 aromatic rings. The molecule has 1 aliphatic heterocycles. The molecular weight excluding hydrogens is 435 g/mol. The van der Waals surface area contributed by atoms with Gasteiger partial charge in [0.15, 0.2) is 0 Å². The smallest absolute Gasteiger partial charge is 0.239 e. The number of aromatic nitrogens is 1. The van der Waals surface area contributed by atoms with Gasteiger partial charge in [-0.15, -0.1) is 0 Å². The van der Waals surface area contributed by atoms with E-state index in [4.69, 9.17) is 23.2 Å². The number of halogens is 2. The van der Waals surface area contributed by atoms with Crippen molar-refractivity contribution in [3.8, 4) is 0 Å². The van der Waals surface area contributed by atoms with Gasteiger partial charge in [-0.25, -0.2) is 0 Å². The summed E-state index contributed by atoms with van der Waals surface area (Å²) < 4.78 is 0. The molecule has 1 saturated heterocycles. The minimum absolute atomic E-state index is 0.0905. The maximum absolute atomic E-state index is 13.0. The molecule has 0 spiro atoms. The lowest BCUT2D eigenvalue weighted by Crippen LogP contribution is -2.38. The van der Waals surface area contributed by atoms with Gasteiger partial charge in [-0.05, 0) is 68.2 Å². The molecule has 2 aromatic carbocycles. The normalized spacial score (nSPS) is 14.5. The fraction of sp³-hybridized carbons (Fsp3) is 0.304. The van der Waals surface area contributed by atoms with Crippen LogP contribution in [0.1, 0.15) is 28.9 Å². The summed E-state index contributed by atoms with van der Waals surface area (Å²) in [7, 11) is 0. The first-order valence-electron chi connectivity index (χ1n) is 10.3. The predicted octanol–water partition coefficient (Wildman–Crippen LogP) is 4.23. The van der Waals surface area contributed by atoms with Crippen molar-refractivity contribution in [3.63, 3.8) is 0 Å². The zero-order valence-corrected chi connectivity index (χ0v) is 18.4. The molecule has 1 aromatic heterocycles. The molecule has 0 aliphatic carbocycles. The second-order valence-electron chi connectivity index (χ2n) is 7.76. The zero-order valence-electron chi connectivity index (χ0n) is 16.9. The van der Waals surface area contributed by atoms with E-state index in [1.54, 1.807) is 36.4 Å². The van der Waals surface area contributed by atoms with E-state index in [2.05, 4.69) is 20.9 Å². The molecule has 0 radical (unpaired) electrons. The van der Waals surface area contributed by atoms with Crippen LogP contribution in [-0.4, -0.2) is 42.9 Å². The summed E-state index contributed by atoms with van der Waals surface area (Å²) in [5.74, 6) is 0.191. The van der Waals surface area contributed by atoms with Gasteiger partial charge in [0.05, 0.1) is 22.9 Å². The number of fused-ring (bicyclic) bond motifs is 1. The van der Waals surface area contributed by atoms with E-state index < -0.39 is 0 Å². The van der Waals surface area contributed by atoms with E-state index in [-0.39, 0.29) is 23.3 Å². The molecular formula is C23H24Cl2N4O2. The summed E-state index contributed by atoms with van der Waals surface area (Å²) in [5, 5.41) is 11.1. The van der Waals surface area contributed by atoms with Gasteiger partial charge in [0.2, 0.25) is 11.7 Å². The van der Waals surface area contributed by atoms with Gasteiger partial charge in [-0.2, -0.15) is 0 Å². The van der Waals surface area contributed by atoms with Crippen molar-refractivity contribution < 1.29 is 9.59 Å². The Hall–Kier alpha value is -2.54. The first-order chi connectivity index (χ1) is 15.0. The van der Waals surface area contributed by atoms with Gasteiger partial charge >= 0.3 is 0 Å². The molecule has 4 rings (SSSR count). The number of hydrogen-bond acceptors (Lipinski definition) is 4. The topological polar surface area (TPSA) is 86.0 Å². The van der Waals surface area contributed by atoms with Crippen LogP contribution < -0.4 is 16.0 Å². The van der Waals surface area contributed by atoms with Crippen molar-refractivity contribution in [2.45, 2.75) is 12.8 Å². The number of carbonyl (C=O) groups excluding carboxylic acids is 2. The van der Waals surface area contributed by atoms with E-state index in [1.807, 2.05) is 6.07 Å². The highest BCUT2D eigenvalue weighted by atomic mass is 35.5. The van der Waals surface area contributed by atoms with Crippen LogP contribution in [0.2, 0.25) is 10.0 Å². The standard InChI is InChI=1S/C23H24Cl2N4O2/c24-16-4-5-18-15(10-16)11-20(29-18)23(31)17-2-1-3-19(22(17)25)27-13-21(30)28-12-14-6-8-26-9-7-14/h1-5,10-11,14,26-27,29H,6-9,12-13H2,(H,28,30). The number of ketones is 1. The summed E-state index contributed by atoms with van der Waals surface area (Å²) in [5.41, 5.74) is 2.16. The lowest BCUT2D eigenvalue weighted by molar-refractivity contribution is -0.119. The molecule has 6 nitrogen and oxygen atoms in total. The van der Waals surface area contributed by atoms with Crippen molar-refractivity contribution in [3.05, 3.63) is 63.8 Å². The zero-order chi connectivity index (χ0) is 21.8. The Balaban J connectivity index is 1.41. The van der Waals surface area contributed by atoms with E-state index in [9.17, 15) is 9.59 Å². The van der Waals surface area contributed by atoms with Gasteiger partial charge in [-0.3, -0.25) is 9.59 Å². The maximum Gasteiger partial charge on any atom is 0.239 e. The monoisotopic (exact) mass is 458 g/mol. The van der Waals surface area contributed by atoms with Crippen LogP contribution in [0.5, 0.6) is 0 Å².